The monoisotopic (exact) mass is 347 g/mol. The number of hydrogen-bond donors (Lipinski definition) is 1. The number of ether oxygens (including phenoxy) is 2. The Morgan fingerprint density at radius 2 is 2.08 bits per heavy atom. The van der Waals surface area contributed by atoms with Gasteiger partial charge in [0.05, 0.1) is 24.7 Å². The molecule has 1 amide bonds. The fourth-order valence-electron chi connectivity index (χ4n) is 3.64. The van der Waals surface area contributed by atoms with Crippen LogP contribution in [0.2, 0.25) is 0 Å². The number of carboxylic acids is 1. The fourth-order valence-corrected chi connectivity index (χ4v) is 3.64. The van der Waals surface area contributed by atoms with Crippen LogP contribution < -0.4 is 0 Å². The first-order chi connectivity index (χ1) is 11.9. The van der Waals surface area contributed by atoms with Crippen LogP contribution in [-0.4, -0.2) is 54.3 Å². The predicted octanol–water partition coefficient (Wildman–Crippen LogP) is 2.17. The normalized spacial score (nSPS) is 25.9. The molecule has 6 nitrogen and oxygen atoms in total. The second-order valence-electron chi connectivity index (χ2n) is 7.23. The van der Waals surface area contributed by atoms with E-state index >= 15 is 0 Å². The van der Waals surface area contributed by atoms with E-state index < -0.39 is 11.4 Å². The molecule has 0 aliphatic carbocycles. The van der Waals surface area contributed by atoms with Crippen LogP contribution in [0.1, 0.15) is 36.2 Å². The van der Waals surface area contributed by atoms with Crippen LogP contribution in [-0.2, 0) is 20.9 Å². The Bertz CT molecular complexity index is 642. The van der Waals surface area contributed by atoms with E-state index in [1.807, 2.05) is 26.0 Å². The highest BCUT2D eigenvalue weighted by atomic mass is 16.5. The predicted molar refractivity (Wildman–Crippen MR) is 91.3 cm³/mol. The Labute approximate surface area is 147 Å². The number of rotatable bonds is 5. The number of benzene rings is 1. The molecular formula is C19H25NO5. The minimum absolute atomic E-state index is 0.119. The first kappa shape index (κ1) is 17.9. The summed E-state index contributed by atoms with van der Waals surface area (Å²) in [6, 6.07) is 7.34. The topological polar surface area (TPSA) is 76.1 Å². The average molecular weight is 347 g/mol. The van der Waals surface area contributed by atoms with Crippen molar-refractivity contribution in [3.63, 3.8) is 0 Å². The van der Waals surface area contributed by atoms with Gasteiger partial charge in [-0.3, -0.25) is 9.59 Å². The van der Waals surface area contributed by atoms with Gasteiger partial charge in [-0.25, -0.2) is 0 Å². The molecule has 0 radical (unpaired) electrons. The standard InChI is InChI=1S/C19H25NO5/c1-13(2)25-10-14-3-5-15(6-4-14)17(21)20-9-16-11-24-8-7-19(16,12-20)18(22)23/h3-6,13,16H,7-12H2,1-2H3,(H,22,23)/t16-,19+/m0/s1. The molecule has 1 N–H and O–H groups in total. The molecule has 0 bridgehead atoms. The SMILES string of the molecule is CC(C)OCc1ccc(C(=O)N2C[C@H]3COCC[C@@]3(C(=O)O)C2)cc1. The van der Waals surface area contributed by atoms with Gasteiger partial charge >= 0.3 is 5.97 Å². The second-order valence-corrected chi connectivity index (χ2v) is 7.23. The highest BCUT2D eigenvalue weighted by Crippen LogP contribution is 2.42. The van der Waals surface area contributed by atoms with Gasteiger partial charge in [-0.2, -0.15) is 0 Å². The smallest absolute Gasteiger partial charge is 0.311 e. The summed E-state index contributed by atoms with van der Waals surface area (Å²) in [5.41, 5.74) is 0.725. The van der Waals surface area contributed by atoms with Gasteiger partial charge in [-0.1, -0.05) is 12.1 Å². The van der Waals surface area contributed by atoms with E-state index in [0.717, 1.165) is 5.56 Å². The maximum absolute atomic E-state index is 12.8. The van der Waals surface area contributed by atoms with Gasteiger partial charge in [0, 0.05) is 31.2 Å². The molecule has 2 saturated heterocycles. The van der Waals surface area contributed by atoms with Gasteiger partial charge in [0.2, 0.25) is 0 Å². The lowest BCUT2D eigenvalue weighted by molar-refractivity contribution is -0.157. The molecule has 0 unspecified atom stereocenters. The van der Waals surface area contributed by atoms with Crippen molar-refractivity contribution in [2.75, 3.05) is 26.3 Å². The van der Waals surface area contributed by atoms with Crippen LogP contribution in [0.15, 0.2) is 24.3 Å². The van der Waals surface area contributed by atoms with Crippen molar-refractivity contribution in [1.29, 1.82) is 0 Å². The quantitative estimate of drug-likeness (QED) is 0.883. The molecule has 2 atom stereocenters. The zero-order chi connectivity index (χ0) is 18.0. The molecule has 3 rings (SSSR count). The minimum atomic E-state index is -0.862. The number of hydrogen-bond acceptors (Lipinski definition) is 4. The maximum Gasteiger partial charge on any atom is 0.311 e. The molecule has 0 saturated carbocycles. The number of likely N-dealkylation sites (tertiary alicyclic amines) is 1. The number of carbonyl (C=O) groups excluding carboxylic acids is 1. The van der Waals surface area contributed by atoms with E-state index in [2.05, 4.69) is 0 Å². The largest absolute Gasteiger partial charge is 0.481 e. The van der Waals surface area contributed by atoms with E-state index in [-0.39, 0.29) is 24.5 Å². The Morgan fingerprint density at radius 3 is 2.68 bits per heavy atom. The number of amides is 1. The van der Waals surface area contributed by atoms with Crippen molar-refractivity contribution >= 4 is 11.9 Å². The molecule has 25 heavy (non-hydrogen) atoms. The first-order valence-corrected chi connectivity index (χ1v) is 8.73. The summed E-state index contributed by atoms with van der Waals surface area (Å²) < 4.78 is 11.0. The van der Waals surface area contributed by atoms with Gasteiger partial charge < -0.3 is 19.5 Å². The van der Waals surface area contributed by atoms with E-state index in [9.17, 15) is 14.7 Å². The Balaban J connectivity index is 1.70. The number of nitrogens with zero attached hydrogens (tertiary/aromatic N) is 1. The van der Waals surface area contributed by atoms with E-state index in [4.69, 9.17) is 9.47 Å². The van der Waals surface area contributed by atoms with Crippen LogP contribution in [0.4, 0.5) is 0 Å². The summed E-state index contributed by atoms with van der Waals surface area (Å²) in [5, 5.41) is 9.70. The van der Waals surface area contributed by atoms with Crippen LogP contribution in [0.25, 0.3) is 0 Å². The molecule has 6 heteroatoms. The first-order valence-electron chi connectivity index (χ1n) is 8.73. The van der Waals surface area contributed by atoms with Crippen molar-refractivity contribution in [2.45, 2.75) is 33.0 Å². The Kier molecular flexibility index (Phi) is 5.11. The number of carbonyl (C=O) groups is 2. The van der Waals surface area contributed by atoms with Gasteiger partial charge in [-0.05, 0) is 38.0 Å². The molecule has 1 aromatic rings. The zero-order valence-corrected chi connectivity index (χ0v) is 14.7. The average Bonchev–Trinajstić information content (AvgIpc) is 3.01. The van der Waals surface area contributed by atoms with E-state index in [1.54, 1.807) is 17.0 Å². The minimum Gasteiger partial charge on any atom is -0.481 e. The van der Waals surface area contributed by atoms with Gasteiger partial charge in [-0.15, -0.1) is 0 Å². The lowest BCUT2D eigenvalue weighted by Gasteiger charge is -2.33. The molecule has 2 aliphatic rings. The fraction of sp³-hybridized carbons (Fsp3) is 0.579. The summed E-state index contributed by atoms with van der Waals surface area (Å²) in [6.45, 7) is 6.00. The summed E-state index contributed by atoms with van der Waals surface area (Å²) in [4.78, 5) is 26.3. The zero-order valence-electron chi connectivity index (χ0n) is 14.7. The maximum atomic E-state index is 12.8. The molecule has 2 fully saturated rings. The van der Waals surface area contributed by atoms with Crippen LogP contribution >= 0.6 is 0 Å². The molecule has 2 heterocycles. The number of fused-ring (bicyclic) bond motifs is 1. The Hall–Kier alpha value is -1.92. The molecule has 1 aromatic carbocycles. The molecule has 0 aromatic heterocycles. The summed E-state index contributed by atoms with van der Waals surface area (Å²) in [7, 11) is 0. The molecule has 2 aliphatic heterocycles. The highest BCUT2D eigenvalue weighted by molar-refractivity contribution is 5.95. The van der Waals surface area contributed by atoms with Crippen molar-refractivity contribution in [3.8, 4) is 0 Å². The lowest BCUT2D eigenvalue weighted by atomic mass is 9.74. The van der Waals surface area contributed by atoms with Crippen molar-refractivity contribution < 1.29 is 24.2 Å². The molecule has 0 spiro atoms. The summed E-state index contributed by atoms with van der Waals surface area (Å²) in [5.74, 6) is -1.08. The third-order valence-corrected chi connectivity index (χ3v) is 5.20. The third-order valence-electron chi connectivity index (χ3n) is 5.20. The van der Waals surface area contributed by atoms with Gasteiger partial charge in [0.1, 0.15) is 0 Å². The van der Waals surface area contributed by atoms with Crippen molar-refractivity contribution in [1.82, 2.24) is 4.90 Å². The highest BCUT2D eigenvalue weighted by Gasteiger charge is 2.54. The van der Waals surface area contributed by atoms with Gasteiger partial charge in [0.15, 0.2) is 0 Å². The van der Waals surface area contributed by atoms with Crippen LogP contribution in [0.3, 0.4) is 0 Å². The number of aliphatic carboxylic acids is 1. The van der Waals surface area contributed by atoms with Crippen molar-refractivity contribution in [2.24, 2.45) is 11.3 Å². The Morgan fingerprint density at radius 1 is 1.36 bits per heavy atom. The summed E-state index contributed by atoms with van der Waals surface area (Å²) in [6.07, 6.45) is 0.617. The number of carboxylic acid groups (broad SMARTS) is 1. The second kappa shape index (κ2) is 7.14. The van der Waals surface area contributed by atoms with E-state index in [0.29, 0.717) is 38.3 Å². The lowest BCUT2D eigenvalue weighted by Crippen LogP contribution is -2.45. The van der Waals surface area contributed by atoms with Crippen LogP contribution in [0.5, 0.6) is 0 Å². The van der Waals surface area contributed by atoms with Crippen molar-refractivity contribution in [3.05, 3.63) is 35.4 Å². The van der Waals surface area contributed by atoms with Crippen LogP contribution in [0, 0.1) is 11.3 Å². The van der Waals surface area contributed by atoms with E-state index in [1.165, 1.54) is 0 Å². The summed E-state index contributed by atoms with van der Waals surface area (Å²) >= 11 is 0. The molecule has 136 valence electrons. The third kappa shape index (κ3) is 3.55. The molecular weight excluding hydrogens is 322 g/mol. The van der Waals surface area contributed by atoms with Gasteiger partial charge in [0.25, 0.3) is 5.91 Å².